The van der Waals surface area contributed by atoms with Crippen LogP contribution in [0.2, 0.25) is 0 Å². The van der Waals surface area contributed by atoms with Crippen LogP contribution in [-0.4, -0.2) is 19.1 Å². The molecule has 2 aromatic rings. The molecule has 4 heteroatoms. The van der Waals surface area contributed by atoms with Gasteiger partial charge in [0.15, 0.2) is 6.61 Å². The number of hydrogen-bond acceptors (Lipinski definition) is 3. The Morgan fingerprint density at radius 1 is 1.13 bits per heavy atom. The van der Waals surface area contributed by atoms with Gasteiger partial charge in [-0.2, -0.15) is 0 Å². The second-order valence-electron chi connectivity index (χ2n) is 5.23. The molecule has 0 radical (unpaired) electrons. The second kappa shape index (κ2) is 8.03. The molecule has 1 amide bonds. The van der Waals surface area contributed by atoms with Crippen molar-refractivity contribution in [1.82, 2.24) is 0 Å². The lowest BCUT2D eigenvalue weighted by molar-refractivity contribution is -0.118. The molecule has 2 aromatic carbocycles. The first-order valence-electron chi connectivity index (χ1n) is 7.42. The van der Waals surface area contributed by atoms with Gasteiger partial charge in [-0.05, 0) is 49.7 Å². The molecule has 120 valence electrons. The van der Waals surface area contributed by atoms with Crippen LogP contribution < -0.4 is 14.8 Å². The number of hydrogen-bond donors (Lipinski definition) is 1. The normalized spacial score (nSPS) is 10.0. The van der Waals surface area contributed by atoms with Crippen molar-refractivity contribution in [3.05, 3.63) is 66.2 Å². The Morgan fingerprint density at radius 2 is 1.87 bits per heavy atom. The van der Waals surface area contributed by atoms with E-state index in [1.165, 1.54) is 0 Å². The average molecular weight is 311 g/mol. The average Bonchev–Trinajstić information content (AvgIpc) is 2.53. The smallest absolute Gasteiger partial charge is 0.262 e. The van der Waals surface area contributed by atoms with E-state index in [2.05, 4.69) is 11.9 Å². The summed E-state index contributed by atoms with van der Waals surface area (Å²) in [7, 11) is 0. The summed E-state index contributed by atoms with van der Waals surface area (Å²) in [5.41, 5.74) is 2.88. The van der Waals surface area contributed by atoms with Crippen molar-refractivity contribution in [2.24, 2.45) is 0 Å². The molecule has 0 fully saturated rings. The largest absolute Gasteiger partial charge is 0.490 e. The summed E-state index contributed by atoms with van der Waals surface area (Å²) in [6.07, 6.45) is 1.68. The van der Waals surface area contributed by atoms with Gasteiger partial charge < -0.3 is 14.8 Å². The Labute approximate surface area is 136 Å². The molecule has 0 saturated carbocycles. The lowest BCUT2D eigenvalue weighted by atomic mass is 10.1. The third-order valence-electron chi connectivity index (χ3n) is 3.20. The summed E-state index contributed by atoms with van der Waals surface area (Å²) >= 11 is 0. The van der Waals surface area contributed by atoms with Gasteiger partial charge in [0.05, 0.1) is 0 Å². The Kier molecular flexibility index (Phi) is 5.80. The minimum absolute atomic E-state index is 0.0292. The lowest BCUT2D eigenvalue weighted by Gasteiger charge is -2.10. The molecule has 0 heterocycles. The quantitative estimate of drug-likeness (QED) is 0.789. The van der Waals surface area contributed by atoms with Crippen molar-refractivity contribution >= 4 is 11.6 Å². The first kappa shape index (κ1) is 16.6. The zero-order chi connectivity index (χ0) is 16.7. The zero-order valence-electron chi connectivity index (χ0n) is 13.5. The molecule has 0 bridgehead atoms. The molecule has 0 spiro atoms. The lowest BCUT2D eigenvalue weighted by Crippen LogP contribution is -2.20. The number of carbonyl (C=O) groups is 1. The third-order valence-corrected chi connectivity index (χ3v) is 3.20. The van der Waals surface area contributed by atoms with Crippen molar-refractivity contribution in [2.45, 2.75) is 13.8 Å². The maximum atomic E-state index is 11.9. The van der Waals surface area contributed by atoms with Gasteiger partial charge in [0.2, 0.25) is 0 Å². The van der Waals surface area contributed by atoms with Crippen molar-refractivity contribution in [1.29, 1.82) is 0 Å². The molecule has 0 saturated heterocycles. The molecule has 23 heavy (non-hydrogen) atoms. The maximum absolute atomic E-state index is 11.9. The van der Waals surface area contributed by atoms with Crippen LogP contribution in [0.4, 0.5) is 5.69 Å². The van der Waals surface area contributed by atoms with Crippen LogP contribution in [0.3, 0.4) is 0 Å². The molecule has 0 aliphatic rings. The summed E-state index contributed by atoms with van der Waals surface area (Å²) in [5.74, 6) is 1.25. The van der Waals surface area contributed by atoms with Gasteiger partial charge >= 0.3 is 0 Å². The predicted molar refractivity (Wildman–Crippen MR) is 92.2 cm³/mol. The Bertz CT molecular complexity index is 678. The summed E-state index contributed by atoms with van der Waals surface area (Å²) in [6, 6.07) is 13.0. The number of rotatable bonds is 7. The van der Waals surface area contributed by atoms with Crippen molar-refractivity contribution in [2.75, 3.05) is 18.5 Å². The molecule has 2 rings (SSSR count). The number of amides is 1. The van der Waals surface area contributed by atoms with Gasteiger partial charge in [-0.15, -0.1) is 0 Å². The van der Waals surface area contributed by atoms with E-state index in [4.69, 9.17) is 9.47 Å². The van der Waals surface area contributed by atoms with E-state index in [-0.39, 0.29) is 12.5 Å². The van der Waals surface area contributed by atoms with Gasteiger partial charge in [-0.1, -0.05) is 30.4 Å². The highest BCUT2D eigenvalue weighted by Gasteiger charge is 2.06. The van der Waals surface area contributed by atoms with Crippen LogP contribution in [0, 0.1) is 13.8 Å². The number of ether oxygens (including phenoxy) is 2. The summed E-state index contributed by atoms with van der Waals surface area (Å²) in [6.45, 7) is 8.00. The Morgan fingerprint density at radius 3 is 2.52 bits per heavy atom. The van der Waals surface area contributed by atoms with Gasteiger partial charge in [-0.25, -0.2) is 0 Å². The van der Waals surface area contributed by atoms with Gasteiger partial charge in [0.1, 0.15) is 18.1 Å². The van der Waals surface area contributed by atoms with E-state index in [0.29, 0.717) is 12.3 Å². The fourth-order valence-electron chi connectivity index (χ4n) is 2.09. The van der Waals surface area contributed by atoms with E-state index in [9.17, 15) is 4.79 Å². The van der Waals surface area contributed by atoms with Crippen LogP contribution >= 0.6 is 0 Å². The second-order valence-corrected chi connectivity index (χ2v) is 5.23. The van der Waals surface area contributed by atoms with E-state index in [1.807, 2.05) is 32.0 Å². The first-order valence-corrected chi connectivity index (χ1v) is 7.42. The van der Waals surface area contributed by atoms with E-state index in [0.717, 1.165) is 22.6 Å². The topological polar surface area (TPSA) is 47.6 Å². The summed E-state index contributed by atoms with van der Waals surface area (Å²) in [4.78, 5) is 11.9. The SMILES string of the molecule is C=CCOc1ccc(NC(=O)COc2ccc(C)cc2C)cc1. The number of anilines is 1. The fraction of sp³-hybridized carbons (Fsp3) is 0.211. The molecule has 0 aliphatic carbocycles. The van der Waals surface area contributed by atoms with E-state index in [1.54, 1.807) is 30.3 Å². The van der Waals surface area contributed by atoms with Gasteiger partial charge in [0, 0.05) is 5.69 Å². The highest BCUT2D eigenvalue weighted by molar-refractivity contribution is 5.91. The summed E-state index contributed by atoms with van der Waals surface area (Å²) in [5, 5.41) is 2.79. The molecular formula is C19H21NO3. The third kappa shape index (κ3) is 5.18. The maximum Gasteiger partial charge on any atom is 0.262 e. The van der Waals surface area contributed by atoms with Crippen LogP contribution in [0.1, 0.15) is 11.1 Å². The van der Waals surface area contributed by atoms with Gasteiger partial charge in [0.25, 0.3) is 5.91 Å². The van der Waals surface area contributed by atoms with E-state index < -0.39 is 0 Å². The molecule has 0 aliphatic heterocycles. The van der Waals surface area contributed by atoms with Crippen LogP contribution in [0.25, 0.3) is 0 Å². The van der Waals surface area contributed by atoms with Crippen molar-refractivity contribution in [3.63, 3.8) is 0 Å². The molecule has 0 atom stereocenters. The molecule has 0 aromatic heterocycles. The minimum Gasteiger partial charge on any atom is -0.490 e. The molecular weight excluding hydrogens is 290 g/mol. The first-order chi connectivity index (χ1) is 11.1. The monoisotopic (exact) mass is 311 g/mol. The van der Waals surface area contributed by atoms with Crippen LogP contribution in [0.5, 0.6) is 11.5 Å². The number of carbonyl (C=O) groups excluding carboxylic acids is 1. The standard InChI is InChI=1S/C19H21NO3/c1-4-11-22-17-8-6-16(7-9-17)20-19(21)13-23-18-10-5-14(2)12-15(18)3/h4-10,12H,1,11,13H2,2-3H3,(H,20,21). The molecule has 1 N–H and O–H groups in total. The minimum atomic E-state index is -0.204. The van der Waals surface area contributed by atoms with Crippen molar-refractivity contribution < 1.29 is 14.3 Å². The Hall–Kier alpha value is -2.75. The highest BCUT2D eigenvalue weighted by atomic mass is 16.5. The number of nitrogens with one attached hydrogen (secondary N) is 1. The Balaban J connectivity index is 1.85. The van der Waals surface area contributed by atoms with Crippen molar-refractivity contribution in [3.8, 4) is 11.5 Å². The summed E-state index contributed by atoms with van der Waals surface area (Å²) < 4.78 is 10.9. The zero-order valence-corrected chi connectivity index (χ0v) is 13.5. The number of aryl methyl sites for hydroxylation is 2. The van der Waals surface area contributed by atoms with E-state index >= 15 is 0 Å². The van der Waals surface area contributed by atoms with Gasteiger partial charge in [-0.3, -0.25) is 4.79 Å². The predicted octanol–water partition coefficient (Wildman–Crippen LogP) is 3.89. The fourth-order valence-corrected chi connectivity index (χ4v) is 2.09. The molecule has 0 unspecified atom stereocenters. The van der Waals surface area contributed by atoms with Crippen LogP contribution in [0.15, 0.2) is 55.1 Å². The molecule has 4 nitrogen and oxygen atoms in total. The number of benzene rings is 2. The highest BCUT2D eigenvalue weighted by Crippen LogP contribution is 2.19. The van der Waals surface area contributed by atoms with Crippen LogP contribution in [-0.2, 0) is 4.79 Å².